The molecule has 29 heavy (non-hydrogen) atoms. The summed E-state index contributed by atoms with van der Waals surface area (Å²) in [5, 5.41) is 6.89. The summed E-state index contributed by atoms with van der Waals surface area (Å²) in [7, 11) is -3.82. The minimum atomic E-state index is -3.82. The molecule has 0 atom stereocenters. The van der Waals surface area contributed by atoms with Crippen LogP contribution in [0.2, 0.25) is 10.0 Å². The molecule has 2 aromatic rings. The van der Waals surface area contributed by atoms with E-state index in [0.717, 1.165) is 12.8 Å². The van der Waals surface area contributed by atoms with E-state index in [-0.39, 0.29) is 46.4 Å². The molecule has 1 aliphatic carbocycles. The van der Waals surface area contributed by atoms with Gasteiger partial charge in [0.25, 0.3) is 0 Å². The van der Waals surface area contributed by atoms with E-state index in [2.05, 4.69) is 15.5 Å². The Labute approximate surface area is 178 Å². The van der Waals surface area contributed by atoms with E-state index < -0.39 is 10.0 Å². The van der Waals surface area contributed by atoms with Gasteiger partial charge in [0, 0.05) is 24.9 Å². The van der Waals surface area contributed by atoms with E-state index in [1.165, 1.54) is 16.4 Å². The normalized spacial score (nSPS) is 18.7. The Morgan fingerprint density at radius 1 is 1.17 bits per heavy atom. The Hall–Kier alpha value is -1.68. The fraction of sp³-hybridized carbons (Fsp3) is 0.500. The summed E-state index contributed by atoms with van der Waals surface area (Å²) in [4.78, 5) is 16.6. The number of benzene rings is 1. The number of sulfonamides is 1. The predicted octanol–water partition coefficient (Wildman–Crippen LogP) is 2.97. The van der Waals surface area contributed by atoms with Crippen LogP contribution in [0.5, 0.6) is 0 Å². The molecule has 1 saturated carbocycles. The SMILES string of the molecule is O=C(NCc1nc(C2CC2)no1)C1CCN(S(=O)(=O)c2c(Cl)cccc2Cl)CC1. The number of amides is 1. The quantitative estimate of drug-likeness (QED) is 0.712. The molecule has 4 rings (SSSR count). The molecule has 2 fully saturated rings. The molecule has 0 bridgehead atoms. The molecule has 0 radical (unpaired) electrons. The second kappa shape index (κ2) is 8.22. The Morgan fingerprint density at radius 2 is 1.83 bits per heavy atom. The number of aromatic nitrogens is 2. The zero-order chi connectivity index (χ0) is 20.6. The highest BCUT2D eigenvalue weighted by molar-refractivity contribution is 7.89. The molecule has 156 valence electrons. The van der Waals surface area contributed by atoms with Crippen LogP contribution in [0, 0.1) is 5.92 Å². The fourth-order valence-corrected chi connectivity index (χ4v) is 5.93. The smallest absolute Gasteiger partial charge is 0.246 e. The summed E-state index contributed by atoms with van der Waals surface area (Å²) in [6.45, 7) is 0.606. The number of hydrogen-bond acceptors (Lipinski definition) is 6. The van der Waals surface area contributed by atoms with Gasteiger partial charge in [-0.15, -0.1) is 0 Å². The van der Waals surface area contributed by atoms with Crippen molar-refractivity contribution in [1.82, 2.24) is 19.8 Å². The van der Waals surface area contributed by atoms with Gasteiger partial charge in [0.15, 0.2) is 5.82 Å². The molecule has 8 nitrogen and oxygen atoms in total. The van der Waals surface area contributed by atoms with Gasteiger partial charge in [0.1, 0.15) is 4.90 Å². The van der Waals surface area contributed by atoms with Crippen molar-refractivity contribution in [2.45, 2.75) is 43.0 Å². The lowest BCUT2D eigenvalue weighted by molar-refractivity contribution is -0.126. The van der Waals surface area contributed by atoms with E-state index >= 15 is 0 Å². The van der Waals surface area contributed by atoms with Gasteiger partial charge in [-0.2, -0.15) is 9.29 Å². The van der Waals surface area contributed by atoms with Crippen LogP contribution in [-0.4, -0.2) is 41.9 Å². The van der Waals surface area contributed by atoms with Crippen molar-refractivity contribution in [2.75, 3.05) is 13.1 Å². The lowest BCUT2D eigenvalue weighted by atomic mass is 9.97. The molecule has 1 aromatic carbocycles. The van der Waals surface area contributed by atoms with Crippen molar-refractivity contribution in [3.8, 4) is 0 Å². The zero-order valence-corrected chi connectivity index (χ0v) is 17.8. The molecule has 2 aliphatic rings. The largest absolute Gasteiger partial charge is 0.347 e. The van der Waals surface area contributed by atoms with Gasteiger partial charge < -0.3 is 9.84 Å². The van der Waals surface area contributed by atoms with Gasteiger partial charge in [0.2, 0.25) is 21.8 Å². The minimum absolute atomic E-state index is 0.0856. The van der Waals surface area contributed by atoms with Gasteiger partial charge in [-0.3, -0.25) is 4.79 Å². The van der Waals surface area contributed by atoms with Crippen LogP contribution in [0.4, 0.5) is 0 Å². The molecule has 11 heteroatoms. The molecular weight excluding hydrogens is 439 g/mol. The van der Waals surface area contributed by atoms with Crippen molar-refractivity contribution in [1.29, 1.82) is 0 Å². The number of nitrogens with one attached hydrogen (secondary N) is 1. The first-order chi connectivity index (χ1) is 13.9. The average molecular weight is 459 g/mol. The van der Waals surface area contributed by atoms with Crippen LogP contribution in [0.25, 0.3) is 0 Å². The third-order valence-corrected chi connectivity index (χ3v) is 8.04. The van der Waals surface area contributed by atoms with E-state index in [0.29, 0.717) is 30.5 Å². The number of hydrogen-bond donors (Lipinski definition) is 1. The first kappa shape index (κ1) is 20.6. The van der Waals surface area contributed by atoms with Crippen molar-refractivity contribution >= 4 is 39.1 Å². The van der Waals surface area contributed by atoms with Crippen molar-refractivity contribution < 1.29 is 17.7 Å². The third-order valence-electron chi connectivity index (χ3n) is 5.18. The average Bonchev–Trinajstić information content (AvgIpc) is 3.44. The first-order valence-corrected chi connectivity index (χ1v) is 11.6. The maximum atomic E-state index is 12.9. The highest BCUT2D eigenvalue weighted by Crippen LogP contribution is 2.38. The molecule has 2 heterocycles. The summed E-state index contributed by atoms with van der Waals surface area (Å²) < 4.78 is 32.3. The topological polar surface area (TPSA) is 105 Å². The lowest BCUT2D eigenvalue weighted by Gasteiger charge is -2.30. The first-order valence-electron chi connectivity index (χ1n) is 9.40. The van der Waals surface area contributed by atoms with Gasteiger partial charge in [0.05, 0.1) is 16.6 Å². The number of carbonyl (C=O) groups excluding carboxylic acids is 1. The van der Waals surface area contributed by atoms with Gasteiger partial charge in [-0.05, 0) is 37.8 Å². The molecule has 1 aliphatic heterocycles. The van der Waals surface area contributed by atoms with E-state index in [1.807, 2.05) is 0 Å². The Kier molecular flexibility index (Phi) is 5.83. The highest BCUT2D eigenvalue weighted by Gasteiger charge is 2.34. The monoisotopic (exact) mass is 458 g/mol. The van der Waals surface area contributed by atoms with Crippen LogP contribution >= 0.6 is 23.2 Å². The summed E-state index contributed by atoms with van der Waals surface area (Å²) in [6.07, 6.45) is 2.97. The summed E-state index contributed by atoms with van der Waals surface area (Å²) in [5.74, 6) is 1.04. The van der Waals surface area contributed by atoms with Gasteiger partial charge >= 0.3 is 0 Å². The number of carbonyl (C=O) groups is 1. The van der Waals surface area contributed by atoms with Crippen LogP contribution in [0.3, 0.4) is 0 Å². The molecule has 1 aromatic heterocycles. The molecular formula is C18H20Cl2N4O4S. The zero-order valence-electron chi connectivity index (χ0n) is 15.5. The number of piperidine rings is 1. The van der Waals surface area contributed by atoms with Gasteiger partial charge in [-0.25, -0.2) is 8.42 Å². The molecule has 1 saturated heterocycles. The van der Waals surface area contributed by atoms with Crippen LogP contribution in [-0.2, 0) is 21.4 Å². The van der Waals surface area contributed by atoms with E-state index in [1.54, 1.807) is 6.07 Å². The maximum Gasteiger partial charge on any atom is 0.246 e. The number of rotatable bonds is 6. The van der Waals surface area contributed by atoms with Gasteiger partial charge in [-0.1, -0.05) is 34.4 Å². The Balaban J connectivity index is 1.33. The number of nitrogens with zero attached hydrogens (tertiary/aromatic N) is 3. The Bertz CT molecular complexity index is 994. The van der Waals surface area contributed by atoms with E-state index in [9.17, 15) is 13.2 Å². The van der Waals surface area contributed by atoms with Crippen molar-refractivity contribution in [2.24, 2.45) is 5.92 Å². The van der Waals surface area contributed by atoms with Crippen molar-refractivity contribution in [3.05, 3.63) is 40.0 Å². The van der Waals surface area contributed by atoms with E-state index in [4.69, 9.17) is 27.7 Å². The summed E-state index contributed by atoms with van der Waals surface area (Å²) in [5.41, 5.74) is 0. The molecule has 0 unspecified atom stereocenters. The lowest BCUT2D eigenvalue weighted by Crippen LogP contribution is -2.43. The second-order valence-electron chi connectivity index (χ2n) is 7.27. The van der Waals surface area contributed by atoms with Crippen LogP contribution < -0.4 is 5.32 Å². The van der Waals surface area contributed by atoms with Crippen molar-refractivity contribution in [3.63, 3.8) is 0 Å². The molecule has 1 amide bonds. The second-order valence-corrected chi connectivity index (χ2v) is 9.96. The molecule has 1 N–H and O–H groups in total. The summed E-state index contributed by atoms with van der Waals surface area (Å²) in [6, 6.07) is 4.58. The number of halogens is 2. The highest BCUT2D eigenvalue weighted by atomic mass is 35.5. The standard InChI is InChI=1S/C18H20Cl2N4O4S/c19-13-2-1-3-14(20)16(13)29(26,27)24-8-6-12(7-9-24)18(25)21-10-15-22-17(23-28-15)11-4-5-11/h1-3,11-12H,4-10H2,(H,21,25). The third kappa shape index (κ3) is 4.42. The predicted molar refractivity (Wildman–Crippen MR) is 106 cm³/mol. The summed E-state index contributed by atoms with van der Waals surface area (Å²) >= 11 is 12.1. The fourth-order valence-electron chi connectivity index (χ4n) is 3.37. The minimum Gasteiger partial charge on any atom is -0.347 e. The maximum absolute atomic E-state index is 12.9. The molecule has 0 spiro atoms. The van der Waals surface area contributed by atoms with Crippen LogP contribution in [0.1, 0.15) is 43.3 Å². The Morgan fingerprint density at radius 3 is 2.45 bits per heavy atom. The van der Waals surface area contributed by atoms with Crippen LogP contribution in [0.15, 0.2) is 27.6 Å².